The fourth-order valence-corrected chi connectivity index (χ4v) is 1.70. The predicted molar refractivity (Wildman–Crippen MR) is 72.9 cm³/mol. The van der Waals surface area contributed by atoms with Gasteiger partial charge in [0.2, 0.25) is 0 Å². The minimum absolute atomic E-state index is 0.0617. The Labute approximate surface area is 112 Å². The molecule has 0 saturated carbocycles. The summed E-state index contributed by atoms with van der Waals surface area (Å²) in [4.78, 5) is 11.8. The maximum absolute atomic E-state index is 11.8. The molecule has 0 radical (unpaired) electrons. The van der Waals surface area contributed by atoms with Gasteiger partial charge in [0.15, 0.2) is 5.78 Å². The summed E-state index contributed by atoms with van der Waals surface area (Å²) in [5, 5.41) is 4.33. The topological polar surface area (TPSA) is 29.1 Å². The average molecular weight is 274 g/mol. The SMILES string of the molecule is CC(C)(C)NCC(=O)Cc1cc(Cl)ccc1Cl. The van der Waals surface area contributed by atoms with Gasteiger partial charge in [-0.3, -0.25) is 4.79 Å². The Morgan fingerprint density at radius 1 is 1.29 bits per heavy atom. The van der Waals surface area contributed by atoms with Crippen LogP contribution in [0.15, 0.2) is 18.2 Å². The van der Waals surface area contributed by atoms with Gasteiger partial charge in [-0.15, -0.1) is 0 Å². The number of halogens is 2. The third-order valence-corrected chi connectivity index (χ3v) is 2.82. The Morgan fingerprint density at radius 2 is 1.94 bits per heavy atom. The van der Waals surface area contributed by atoms with E-state index in [1.54, 1.807) is 18.2 Å². The molecule has 0 aliphatic carbocycles. The summed E-state index contributed by atoms with van der Waals surface area (Å²) in [7, 11) is 0. The summed E-state index contributed by atoms with van der Waals surface area (Å²) in [6.07, 6.45) is 0.308. The number of hydrogen-bond acceptors (Lipinski definition) is 2. The van der Waals surface area contributed by atoms with E-state index >= 15 is 0 Å². The third-order valence-electron chi connectivity index (χ3n) is 2.21. The molecule has 1 aromatic rings. The highest BCUT2D eigenvalue weighted by molar-refractivity contribution is 6.33. The second-order valence-corrected chi connectivity index (χ2v) is 5.90. The summed E-state index contributed by atoms with van der Waals surface area (Å²) in [5.74, 6) is 0.101. The van der Waals surface area contributed by atoms with Gasteiger partial charge in [-0.05, 0) is 44.5 Å². The van der Waals surface area contributed by atoms with E-state index in [4.69, 9.17) is 23.2 Å². The monoisotopic (exact) mass is 273 g/mol. The minimum atomic E-state index is -0.0617. The molecule has 0 amide bonds. The van der Waals surface area contributed by atoms with Crippen molar-refractivity contribution in [3.63, 3.8) is 0 Å². The number of carbonyl (C=O) groups is 1. The van der Waals surface area contributed by atoms with E-state index in [2.05, 4.69) is 5.32 Å². The zero-order valence-electron chi connectivity index (χ0n) is 10.3. The highest BCUT2D eigenvalue weighted by Gasteiger charge is 2.13. The van der Waals surface area contributed by atoms with Crippen LogP contribution in [0.5, 0.6) is 0 Å². The van der Waals surface area contributed by atoms with Crippen molar-refractivity contribution in [2.45, 2.75) is 32.7 Å². The van der Waals surface area contributed by atoms with E-state index in [0.717, 1.165) is 5.56 Å². The van der Waals surface area contributed by atoms with E-state index in [0.29, 0.717) is 23.0 Å². The molecule has 2 nitrogen and oxygen atoms in total. The smallest absolute Gasteiger partial charge is 0.151 e. The van der Waals surface area contributed by atoms with Crippen LogP contribution in [-0.4, -0.2) is 17.9 Å². The van der Waals surface area contributed by atoms with Crippen molar-refractivity contribution in [2.75, 3.05) is 6.54 Å². The summed E-state index contributed by atoms with van der Waals surface area (Å²) < 4.78 is 0. The number of benzene rings is 1. The Bertz CT molecular complexity index is 410. The van der Waals surface area contributed by atoms with Crippen LogP contribution in [0.4, 0.5) is 0 Å². The molecule has 0 aliphatic heterocycles. The summed E-state index contributed by atoms with van der Waals surface area (Å²) in [6.45, 7) is 6.40. The number of rotatable bonds is 4. The number of carbonyl (C=O) groups excluding carboxylic acids is 1. The first-order valence-corrected chi connectivity index (χ1v) is 6.24. The Kier molecular flexibility index (Phi) is 4.99. The molecule has 94 valence electrons. The van der Waals surface area contributed by atoms with Gasteiger partial charge in [0, 0.05) is 22.0 Å². The minimum Gasteiger partial charge on any atom is -0.305 e. The molecule has 0 aromatic heterocycles. The molecule has 1 N–H and O–H groups in total. The van der Waals surface area contributed by atoms with Gasteiger partial charge in [-0.25, -0.2) is 0 Å². The molecule has 4 heteroatoms. The molecule has 1 aromatic carbocycles. The van der Waals surface area contributed by atoms with Crippen LogP contribution in [0.1, 0.15) is 26.3 Å². The number of ketones is 1. The first-order chi connectivity index (χ1) is 7.78. The van der Waals surface area contributed by atoms with Crippen LogP contribution in [0.3, 0.4) is 0 Å². The van der Waals surface area contributed by atoms with Crippen molar-refractivity contribution < 1.29 is 4.79 Å². The van der Waals surface area contributed by atoms with Crippen molar-refractivity contribution in [2.24, 2.45) is 0 Å². The Morgan fingerprint density at radius 3 is 2.53 bits per heavy atom. The van der Waals surface area contributed by atoms with Crippen LogP contribution >= 0.6 is 23.2 Å². The maximum atomic E-state index is 11.8. The van der Waals surface area contributed by atoms with Gasteiger partial charge in [0.05, 0.1) is 6.54 Å². The molecule has 0 heterocycles. The second kappa shape index (κ2) is 5.85. The fraction of sp³-hybridized carbons (Fsp3) is 0.462. The van der Waals surface area contributed by atoms with Crippen LogP contribution < -0.4 is 5.32 Å². The zero-order valence-corrected chi connectivity index (χ0v) is 11.8. The molecular weight excluding hydrogens is 257 g/mol. The lowest BCUT2D eigenvalue weighted by atomic mass is 10.1. The molecule has 0 unspecified atom stereocenters. The van der Waals surface area contributed by atoms with Crippen molar-refractivity contribution in [3.05, 3.63) is 33.8 Å². The summed E-state index contributed by atoms with van der Waals surface area (Å²) in [5.41, 5.74) is 0.716. The van der Waals surface area contributed by atoms with E-state index in [1.807, 2.05) is 20.8 Å². The molecule has 0 fully saturated rings. The van der Waals surface area contributed by atoms with Crippen LogP contribution in [0.25, 0.3) is 0 Å². The fourth-order valence-electron chi connectivity index (χ4n) is 1.32. The normalized spacial score (nSPS) is 11.6. The Hall–Kier alpha value is -0.570. The van der Waals surface area contributed by atoms with Crippen molar-refractivity contribution in [1.29, 1.82) is 0 Å². The van der Waals surface area contributed by atoms with Crippen LogP contribution in [0, 0.1) is 0 Å². The lowest BCUT2D eigenvalue weighted by Crippen LogP contribution is -2.39. The van der Waals surface area contributed by atoms with Crippen molar-refractivity contribution >= 4 is 29.0 Å². The third kappa shape index (κ3) is 5.53. The Balaban J connectivity index is 2.59. The van der Waals surface area contributed by atoms with Gasteiger partial charge in [0.1, 0.15) is 0 Å². The lowest BCUT2D eigenvalue weighted by molar-refractivity contribution is -0.117. The first-order valence-electron chi connectivity index (χ1n) is 5.48. The van der Waals surface area contributed by atoms with Gasteiger partial charge in [-0.1, -0.05) is 23.2 Å². The van der Waals surface area contributed by atoms with Gasteiger partial charge in [0.25, 0.3) is 0 Å². The quantitative estimate of drug-likeness (QED) is 0.910. The standard InChI is InChI=1S/C13H17Cl2NO/c1-13(2,3)16-8-11(17)7-9-6-10(14)4-5-12(9)15/h4-6,16H,7-8H2,1-3H3. The molecule has 1 rings (SSSR count). The molecule has 0 aliphatic rings. The predicted octanol–water partition coefficient (Wildman–Crippen LogP) is 3.49. The number of Topliss-reactive ketones (excluding diaryl/α,β-unsaturated/α-hetero) is 1. The molecular formula is C13H17Cl2NO. The van der Waals surface area contributed by atoms with Gasteiger partial charge >= 0.3 is 0 Å². The van der Waals surface area contributed by atoms with E-state index in [9.17, 15) is 4.79 Å². The van der Waals surface area contributed by atoms with Crippen molar-refractivity contribution in [3.8, 4) is 0 Å². The lowest BCUT2D eigenvalue weighted by Gasteiger charge is -2.19. The van der Waals surface area contributed by atoms with E-state index in [1.165, 1.54) is 0 Å². The summed E-state index contributed by atoms with van der Waals surface area (Å²) >= 11 is 11.9. The highest BCUT2D eigenvalue weighted by Crippen LogP contribution is 2.21. The molecule has 0 spiro atoms. The second-order valence-electron chi connectivity index (χ2n) is 5.05. The molecule has 0 bridgehead atoms. The van der Waals surface area contributed by atoms with Gasteiger partial charge in [-0.2, -0.15) is 0 Å². The van der Waals surface area contributed by atoms with E-state index in [-0.39, 0.29) is 11.3 Å². The van der Waals surface area contributed by atoms with E-state index < -0.39 is 0 Å². The zero-order chi connectivity index (χ0) is 13.1. The number of hydrogen-bond donors (Lipinski definition) is 1. The van der Waals surface area contributed by atoms with Crippen LogP contribution in [0.2, 0.25) is 10.0 Å². The average Bonchev–Trinajstić information content (AvgIpc) is 2.20. The number of nitrogens with one attached hydrogen (secondary N) is 1. The molecule has 0 saturated heterocycles. The molecule has 17 heavy (non-hydrogen) atoms. The highest BCUT2D eigenvalue weighted by atomic mass is 35.5. The molecule has 0 atom stereocenters. The largest absolute Gasteiger partial charge is 0.305 e. The maximum Gasteiger partial charge on any atom is 0.151 e. The van der Waals surface area contributed by atoms with Crippen molar-refractivity contribution in [1.82, 2.24) is 5.32 Å². The van der Waals surface area contributed by atoms with Gasteiger partial charge < -0.3 is 5.32 Å². The van der Waals surface area contributed by atoms with Crippen LogP contribution in [-0.2, 0) is 11.2 Å². The first kappa shape index (κ1) is 14.5. The summed E-state index contributed by atoms with van der Waals surface area (Å²) in [6, 6.07) is 5.16.